The summed E-state index contributed by atoms with van der Waals surface area (Å²) in [5.41, 5.74) is -3.57. The van der Waals surface area contributed by atoms with Crippen LogP contribution in [0.5, 0.6) is 0 Å². The van der Waals surface area contributed by atoms with Crippen LogP contribution in [0.4, 0.5) is 0 Å². The first kappa shape index (κ1) is 26.2. The Morgan fingerprint density at radius 3 is 2.00 bits per heavy atom. The Kier molecular flexibility index (Phi) is 5.06. The van der Waals surface area contributed by atoms with Crippen molar-refractivity contribution in [2.75, 3.05) is 0 Å². The Morgan fingerprint density at radius 2 is 1.40 bits per heavy atom. The van der Waals surface area contributed by atoms with Crippen molar-refractivity contribution in [1.82, 2.24) is 0 Å². The smallest absolute Gasteiger partial charge is 0.201 e. The van der Waals surface area contributed by atoms with Crippen LogP contribution in [0.25, 0.3) is 0 Å². The largest absolute Gasteiger partial charge is 0.498 e. The molecule has 3 aliphatic carbocycles. The van der Waals surface area contributed by atoms with E-state index < -0.39 is 94.3 Å². The van der Waals surface area contributed by atoms with Crippen LogP contribution in [-0.2, 0) is 38.1 Å². The minimum atomic E-state index is -1.80. The van der Waals surface area contributed by atoms with Crippen molar-refractivity contribution in [3.63, 3.8) is 0 Å². The minimum Gasteiger partial charge on any atom is -0.498 e. The molecular weight excluding hydrogens is 520 g/mol. The molecule has 0 radical (unpaired) electrons. The topological polar surface area (TPSA) is 152 Å². The van der Waals surface area contributed by atoms with Gasteiger partial charge in [0.2, 0.25) is 5.78 Å². The molecule has 0 aromatic rings. The molecule has 0 unspecified atom stereocenters. The van der Waals surface area contributed by atoms with Crippen molar-refractivity contribution in [2.45, 2.75) is 95.5 Å². The Hall–Kier alpha value is -2.76. The van der Waals surface area contributed by atoms with E-state index in [2.05, 4.69) is 0 Å². The monoisotopic (exact) mass is 552 g/mol. The number of rotatable bonds is 4. The SMILES string of the molecule is CC(C)=C[C@@H](O)[C@@]12O[C@@H]1C(=O)[C@]13C(=CO[C@@H](C)[C@H]1[C@H]1C4=C(C(=O)[C@@]5([C@@H](O)C=C(C)C)O[C@@H]5C4=O)[C@H]3O[C@@H]1C)C2=O. The third kappa shape index (κ3) is 2.68. The second kappa shape index (κ2) is 7.74. The van der Waals surface area contributed by atoms with E-state index in [4.69, 9.17) is 18.9 Å². The molecule has 0 amide bonds. The third-order valence-corrected chi connectivity index (χ3v) is 9.92. The highest BCUT2D eigenvalue weighted by molar-refractivity contribution is 6.26. The number of hydrogen-bond acceptors (Lipinski definition) is 10. The summed E-state index contributed by atoms with van der Waals surface area (Å²) >= 11 is 0. The number of aliphatic hydroxyl groups is 2. The summed E-state index contributed by atoms with van der Waals surface area (Å²) in [6, 6.07) is 0. The van der Waals surface area contributed by atoms with Crippen LogP contribution >= 0.6 is 0 Å². The molecule has 1 saturated carbocycles. The molecule has 0 aromatic heterocycles. The zero-order valence-corrected chi connectivity index (χ0v) is 23.1. The second-order valence-electron chi connectivity index (χ2n) is 12.7. The maximum absolute atomic E-state index is 14.6. The maximum atomic E-state index is 14.6. The first-order valence-corrected chi connectivity index (χ1v) is 13.7. The van der Waals surface area contributed by atoms with E-state index in [0.717, 1.165) is 11.1 Å². The Balaban J connectivity index is 1.42. The van der Waals surface area contributed by atoms with E-state index in [-0.39, 0.29) is 16.7 Å². The van der Waals surface area contributed by atoms with Crippen LogP contribution in [0.15, 0.2) is 46.3 Å². The van der Waals surface area contributed by atoms with Crippen molar-refractivity contribution in [1.29, 1.82) is 0 Å². The molecule has 8 rings (SSSR count). The number of epoxide rings is 2. The zero-order chi connectivity index (χ0) is 28.8. The summed E-state index contributed by atoms with van der Waals surface area (Å²) in [6.07, 6.45) is -3.41. The number of allylic oxidation sites excluding steroid dienone is 2. The van der Waals surface area contributed by atoms with Gasteiger partial charge in [0.05, 0.1) is 24.0 Å². The predicted octanol–water partition coefficient (Wildman–Crippen LogP) is 0.838. The predicted molar refractivity (Wildman–Crippen MR) is 136 cm³/mol. The number of ether oxygens (including phenoxy) is 4. The Labute approximate surface area is 230 Å². The van der Waals surface area contributed by atoms with Crippen molar-refractivity contribution in [2.24, 2.45) is 17.3 Å². The second-order valence-corrected chi connectivity index (χ2v) is 12.7. The standard InChI is InChI=1S/C30H32O10/c1-10(2)7-15(31)29-22(34)14-9-37-13(6)20-17-12(5)38-25(28(14,20)24(36)27(29)40-29)19-18(17)21(33)26-30(39-26,23(19)35)16(32)8-11(3)4/h7-9,12-13,15-17,20,25-27,31-32H,1-6H3/t12-,13+,15-,16+,17-,20+,25-,26-,27-,28+,29+,30-/m1/s1. The van der Waals surface area contributed by atoms with Gasteiger partial charge in [0.15, 0.2) is 40.8 Å². The van der Waals surface area contributed by atoms with Gasteiger partial charge in [-0.2, -0.15) is 0 Å². The molecule has 10 nitrogen and oxygen atoms in total. The van der Waals surface area contributed by atoms with Crippen LogP contribution in [0.3, 0.4) is 0 Å². The molecule has 3 saturated heterocycles. The first-order valence-electron chi connectivity index (χ1n) is 13.7. The molecule has 5 heterocycles. The van der Waals surface area contributed by atoms with Crippen molar-refractivity contribution in [3.05, 3.63) is 46.3 Å². The van der Waals surface area contributed by atoms with Gasteiger partial charge < -0.3 is 29.2 Å². The summed E-state index contributed by atoms with van der Waals surface area (Å²) in [5, 5.41) is 22.0. The molecule has 12 atom stereocenters. The highest BCUT2D eigenvalue weighted by Gasteiger charge is 2.86. The third-order valence-electron chi connectivity index (χ3n) is 9.92. The van der Waals surface area contributed by atoms with E-state index in [1.165, 1.54) is 18.4 Å². The number of carbonyl (C=O) groups excluding carboxylic acids is 4. The average Bonchev–Trinajstić information content (AvgIpc) is 3.78. The van der Waals surface area contributed by atoms with Gasteiger partial charge in [0.1, 0.15) is 23.7 Å². The highest BCUT2D eigenvalue weighted by Crippen LogP contribution is 2.69. The summed E-state index contributed by atoms with van der Waals surface area (Å²) in [4.78, 5) is 56.9. The van der Waals surface area contributed by atoms with Gasteiger partial charge in [0.25, 0.3) is 0 Å². The van der Waals surface area contributed by atoms with Crippen LogP contribution in [-0.4, -0.2) is 87.3 Å². The molecule has 40 heavy (non-hydrogen) atoms. The molecule has 2 bridgehead atoms. The lowest BCUT2D eigenvalue weighted by Gasteiger charge is -2.62. The Morgan fingerprint density at radius 1 is 0.825 bits per heavy atom. The van der Waals surface area contributed by atoms with Gasteiger partial charge in [-0.15, -0.1) is 0 Å². The average molecular weight is 553 g/mol. The lowest BCUT2D eigenvalue weighted by molar-refractivity contribution is -0.205. The van der Waals surface area contributed by atoms with Crippen LogP contribution in [0, 0.1) is 17.3 Å². The van der Waals surface area contributed by atoms with Crippen molar-refractivity contribution >= 4 is 23.1 Å². The number of aliphatic hydroxyl groups excluding tert-OH is 2. The number of carbonyl (C=O) groups is 4. The lowest BCUT2D eigenvalue weighted by Crippen LogP contribution is -2.73. The molecule has 0 aromatic carbocycles. The fourth-order valence-electron chi connectivity index (χ4n) is 8.27. The van der Waals surface area contributed by atoms with Gasteiger partial charge >= 0.3 is 0 Å². The molecule has 212 valence electrons. The van der Waals surface area contributed by atoms with Gasteiger partial charge in [-0.05, 0) is 41.5 Å². The quantitative estimate of drug-likeness (QED) is 0.379. The Bertz CT molecular complexity index is 1440. The molecule has 4 fully saturated rings. The normalized spacial score (nSPS) is 47.0. The van der Waals surface area contributed by atoms with Crippen molar-refractivity contribution in [3.8, 4) is 0 Å². The fraction of sp³-hybridized carbons (Fsp3) is 0.600. The first-order chi connectivity index (χ1) is 18.8. The van der Waals surface area contributed by atoms with E-state index in [0.29, 0.717) is 0 Å². The van der Waals surface area contributed by atoms with E-state index in [1.54, 1.807) is 41.5 Å². The minimum absolute atomic E-state index is 0.0153. The van der Waals surface area contributed by atoms with E-state index in [9.17, 15) is 29.4 Å². The van der Waals surface area contributed by atoms with Gasteiger partial charge in [0, 0.05) is 23.0 Å². The molecule has 2 N–H and O–H groups in total. The van der Waals surface area contributed by atoms with Crippen LogP contribution < -0.4 is 0 Å². The number of Topliss-reactive ketones (excluding diaryl/α,β-unsaturated/α-hetero) is 4. The maximum Gasteiger partial charge on any atom is 0.201 e. The summed E-state index contributed by atoms with van der Waals surface area (Å²) in [6.45, 7) is 10.6. The van der Waals surface area contributed by atoms with Gasteiger partial charge in [-0.25, -0.2) is 0 Å². The highest BCUT2D eigenvalue weighted by atomic mass is 16.6. The molecule has 8 aliphatic rings. The number of ketones is 4. The molecule has 1 spiro atoms. The summed E-state index contributed by atoms with van der Waals surface area (Å²) < 4.78 is 23.8. The molecule has 5 aliphatic heterocycles. The van der Waals surface area contributed by atoms with Crippen molar-refractivity contribution < 1.29 is 48.3 Å². The zero-order valence-electron chi connectivity index (χ0n) is 23.1. The van der Waals surface area contributed by atoms with E-state index >= 15 is 0 Å². The fourth-order valence-corrected chi connectivity index (χ4v) is 8.27. The molecule has 10 heteroatoms. The van der Waals surface area contributed by atoms with Crippen LogP contribution in [0.1, 0.15) is 41.5 Å². The lowest BCUT2D eigenvalue weighted by atomic mass is 9.44. The van der Waals surface area contributed by atoms with Gasteiger partial charge in [-0.1, -0.05) is 23.3 Å². The summed E-state index contributed by atoms with van der Waals surface area (Å²) in [5.74, 6) is -3.55. The number of fused-ring (bicyclic) bond motifs is 3. The molecular formula is C30H32O10. The number of hydrogen-bond donors (Lipinski definition) is 2. The van der Waals surface area contributed by atoms with E-state index in [1.807, 2.05) is 0 Å². The van der Waals surface area contributed by atoms with Crippen LogP contribution in [0.2, 0.25) is 0 Å². The van der Waals surface area contributed by atoms with Gasteiger partial charge in [-0.3, -0.25) is 19.2 Å². The summed E-state index contributed by atoms with van der Waals surface area (Å²) in [7, 11) is 0.